The van der Waals surface area contributed by atoms with Crippen LogP contribution < -0.4 is 14.8 Å². The molecule has 180 valence electrons. The van der Waals surface area contributed by atoms with E-state index < -0.39 is 10.0 Å². The summed E-state index contributed by atoms with van der Waals surface area (Å²) in [5, 5.41) is 2.88. The van der Waals surface area contributed by atoms with Gasteiger partial charge < -0.3 is 14.8 Å². The topological polar surface area (TPSA) is 97.0 Å². The van der Waals surface area contributed by atoms with E-state index >= 15 is 0 Å². The smallest absolute Gasteiger partial charge is 0.251 e. The number of carbonyl (C=O) groups excluding carboxylic acids is 1. The second kappa shape index (κ2) is 11.1. The van der Waals surface area contributed by atoms with E-state index in [2.05, 4.69) is 34.0 Å². The van der Waals surface area contributed by atoms with Crippen LogP contribution in [0.5, 0.6) is 5.75 Å². The molecule has 2 N–H and O–H groups in total. The van der Waals surface area contributed by atoms with Gasteiger partial charge in [-0.3, -0.25) is 9.69 Å². The lowest BCUT2D eigenvalue weighted by molar-refractivity contribution is -0.0212. The summed E-state index contributed by atoms with van der Waals surface area (Å²) in [6.07, 6.45) is 0.232. The van der Waals surface area contributed by atoms with Gasteiger partial charge in [0.15, 0.2) is 0 Å². The van der Waals surface area contributed by atoms with Gasteiger partial charge in [0, 0.05) is 37.8 Å². The molecule has 33 heavy (non-hydrogen) atoms. The number of morpholine rings is 1. The van der Waals surface area contributed by atoms with E-state index in [0.29, 0.717) is 6.54 Å². The van der Waals surface area contributed by atoms with Crippen LogP contribution >= 0.6 is 0 Å². The molecule has 0 saturated carbocycles. The van der Waals surface area contributed by atoms with E-state index in [4.69, 9.17) is 9.47 Å². The van der Waals surface area contributed by atoms with Gasteiger partial charge in [0.25, 0.3) is 5.91 Å². The van der Waals surface area contributed by atoms with Crippen molar-refractivity contribution in [2.24, 2.45) is 0 Å². The van der Waals surface area contributed by atoms with Gasteiger partial charge in [0.1, 0.15) is 10.6 Å². The third-order valence-corrected chi connectivity index (χ3v) is 6.96. The highest BCUT2D eigenvalue weighted by Gasteiger charge is 2.22. The molecule has 2 aromatic carbocycles. The highest BCUT2D eigenvalue weighted by Crippen LogP contribution is 2.25. The highest BCUT2D eigenvalue weighted by atomic mass is 32.2. The number of hydrogen-bond donors (Lipinski definition) is 2. The molecule has 1 unspecified atom stereocenters. The van der Waals surface area contributed by atoms with Gasteiger partial charge in [-0.1, -0.05) is 24.3 Å². The Labute approximate surface area is 196 Å². The third-order valence-electron chi connectivity index (χ3n) is 5.28. The molecule has 1 atom stereocenters. The normalized spacial score (nSPS) is 17.2. The molecule has 0 bridgehead atoms. The number of rotatable bonds is 9. The van der Waals surface area contributed by atoms with E-state index in [-0.39, 0.29) is 34.3 Å². The average Bonchev–Trinajstić information content (AvgIpc) is 2.76. The largest absolute Gasteiger partial charge is 0.495 e. The first-order valence-electron chi connectivity index (χ1n) is 11.1. The van der Waals surface area contributed by atoms with Crippen molar-refractivity contribution < 1.29 is 22.7 Å². The van der Waals surface area contributed by atoms with Crippen molar-refractivity contribution in [3.63, 3.8) is 0 Å². The molecule has 0 spiro atoms. The Morgan fingerprint density at radius 3 is 2.67 bits per heavy atom. The van der Waals surface area contributed by atoms with Crippen LogP contribution in [0.4, 0.5) is 0 Å². The third kappa shape index (κ3) is 7.01. The maximum Gasteiger partial charge on any atom is 0.251 e. The van der Waals surface area contributed by atoms with Crippen molar-refractivity contribution in [2.75, 3.05) is 26.8 Å². The minimum Gasteiger partial charge on any atom is -0.495 e. The molecule has 0 aromatic heterocycles. The molecule has 9 heteroatoms. The van der Waals surface area contributed by atoms with Gasteiger partial charge in [0.05, 0.1) is 19.8 Å². The van der Waals surface area contributed by atoms with Crippen molar-refractivity contribution in [1.82, 2.24) is 14.9 Å². The first-order chi connectivity index (χ1) is 15.7. The zero-order valence-corrected chi connectivity index (χ0v) is 20.4. The predicted molar refractivity (Wildman–Crippen MR) is 127 cm³/mol. The Morgan fingerprint density at radius 2 is 1.97 bits per heavy atom. The first-order valence-corrected chi connectivity index (χ1v) is 12.6. The number of benzene rings is 2. The number of sulfonamides is 1. The van der Waals surface area contributed by atoms with Crippen molar-refractivity contribution in [3.8, 4) is 5.75 Å². The van der Waals surface area contributed by atoms with Crippen LogP contribution in [0, 0.1) is 0 Å². The van der Waals surface area contributed by atoms with E-state index in [1.165, 1.54) is 24.8 Å². The van der Waals surface area contributed by atoms with Gasteiger partial charge in [0.2, 0.25) is 10.0 Å². The quantitative estimate of drug-likeness (QED) is 0.579. The molecule has 2 aromatic rings. The minimum atomic E-state index is -3.82. The van der Waals surface area contributed by atoms with Gasteiger partial charge >= 0.3 is 0 Å². The zero-order valence-electron chi connectivity index (χ0n) is 19.6. The zero-order chi connectivity index (χ0) is 24.0. The van der Waals surface area contributed by atoms with Crippen molar-refractivity contribution in [2.45, 2.75) is 50.9 Å². The summed E-state index contributed by atoms with van der Waals surface area (Å²) in [4.78, 5) is 15.1. The number of amides is 1. The predicted octanol–water partition coefficient (Wildman–Crippen LogP) is 2.53. The number of nitrogens with zero attached hydrogens (tertiary/aromatic N) is 1. The Hall–Kier alpha value is -2.46. The van der Waals surface area contributed by atoms with Gasteiger partial charge in [-0.05, 0) is 50.1 Å². The van der Waals surface area contributed by atoms with Gasteiger partial charge in [-0.2, -0.15) is 0 Å². The fourth-order valence-corrected chi connectivity index (χ4v) is 5.26. The maximum atomic E-state index is 12.8. The van der Waals surface area contributed by atoms with Crippen LogP contribution in [0.25, 0.3) is 0 Å². The fourth-order valence-electron chi connectivity index (χ4n) is 3.82. The van der Waals surface area contributed by atoms with E-state index in [9.17, 15) is 13.2 Å². The second-order valence-electron chi connectivity index (χ2n) is 8.56. The lowest BCUT2D eigenvalue weighted by Crippen LogP contribution is -2.40. The molecule has 1 heterocycles. The molecule has 8 nitrogen and oxygen atoms in total. The summed E-state index contributed by atoms with van der Waals surface area (Å²) < 4.78 is 38.6. The van der Waals surface area contributed by atoms with Crippen molar-refractivity contribution >= 4 is 15.9 Å². The molecule has 1 saturated heterocycles. The summed E-state index contributed by atoms with van der Waals surface area (Å²) >= 11 is 0. The summed E-state index contributed by atoms with van der Waals surface area (Å²) in [6.45, 7) is 9.25. The van der Waals surface area contributed by atoms with Crippen LogP contribution in [0.2, 0.25) is 0 Å². The van der Waals surface area contributed by atoms with E-state index in [0.717, 1.165) is 31.8 Å². The number of hydrogen-bond acceptors (Lipinski definition) is 6. The van der Waals surface area contributed by atoms with Crippen LogP contribution in [0.15, 0.2) is 47.4 Å². The van der Waals surface area contributed by atoms with Crippen molar-refractivity contribution in [1.29, 1.82) is 0 Å². The molecular formula is C24H33N3O5S. The number of carbonyl (C=O) groups is 1. The molecule has 3 rings (SSSR count). The fraction of sp³-hybridized carbons (Fsp3) is 0.458. The maximum absolute atomic E-state index is 12.8. The SMILES string of the molecule is COc1ccc(C(=O)NCc2cccc(CN3CCOC(C)C3)c2)cc1S(=O)(=O)NC(C)C. The van der Waals surface area contributed by atoms with Crippen LogP contribution in [0.1, 0.15) is 42.3 Å². The molecule has 0 radical (unpaired) electrons. The molecule has 0 aliphatic carbocycles. The van der Waals surface area contributed by atoms with Crippen LogP contribution in [0.3, 0.4) is 0 Å². The Bertz CT molecular complexity index is 1070. The summed E-state index contributed by atoms with van der Waals surface area (Å²) in [5.41, 5.74) is 2.40. The summed E-state index contributed by atoms with van der Waals surface area (Å²) in [6, 6.07) is 12.2. The first kappa shape index (κ1) is 25.2. The molecule has 1 aliphatic rings. The highest BCUT2D eigenvalue weighted by molar-refractivity contribution is 7.89. The Balaban J connectivity index is 1.68. The summed E-state index contributed by atoms with van der Waals surface area (Å²) in [5.74, 6) is -0.170. The molecule has 1 aliphatic heterocycles. The summed E-state index contributed by atoms with van der Waals surface area (Å²) in [7, 11) is -2.42. The number of ether oxygens (including phenoxy) is 2. The molecule has 1 amide bonds. The number of methoxy groups -OCH3 is 1. The average molecular weight is 476 g/mol. The monoisotopic (exact) mass is 475 g/mol. The van der Waals surface area contributed by atoms with Crippen LogP contribution in [-0.2, 0) is 27.8 Å². The van der Waals surface area contributed by atoms with Crippen molar-refractivity contribution in [3.05, 3.63) is 59.2 Å². The molecular weight excluding hydrogens is 442 g/mol. The van der Waals surface area contributed by atoms with E-state index in [1.54, 1.807) is 19.9 Å². The van der Waals surface area contributed by atoms with Gasteiger partial charge in [-0.15, -0.1) is 0 Å². The Morgan fingerprint density at radius 1 is 1.21 bits per heavy atom. The molecule has 1 fully saturated rings. The minimum absolute atomic E-state index is 0.0620. The standard InChI is InChI=1S/C24H33N3O5S/c1-17(2)26-33(29,30)23-13-21(8-9-22(23)31-4)24(28)25-14-19-6-5-7-20(12-19)16-27-10-11-32-18(3)15-27/h5-9,12-13,17-18,26H,10-11,14-16H2,1-4H3,(H,25,28). The lowest BCUT2D eigenvalue weighted by atomic mass is 10.1. The van der Waals surface area contributed by atoms with E-state index in [1.807, 2.05) is 12.1 Å². The lowest BCUT2D eigenvalue weighted by Gasteiger charge is -2.31. The second-order valence-corrected chi connectivity index (χ2v) is 10.2. The van der Waals surface area contributed by atoms with Crippen LogP contribution in [-0.4, -0.2) is 58.2 Å². The van der Waals surface area contributed by atoms with Gasteiger partial charge in [-0.25, -0.2) is 13.1 Å². The Kier molecular flexibility index (Phi) is 8.47. The number of nitrogens with one attached hydrogen (secondary N) is 2.